The van der Waals surface area contributed by atoms with Gasteiger partial charge in [0.25, 0.3) is 18.3 Å². The molecule has 4 atom stereocenters. The van der Waals surface area contributed by atoms with Crippen LogP contribution in [0.15, 0.2) is 29.3 Å². The third-order valence-corrected chi connectivity index (χ3v) is 9.53. The Bertz CT molecular complexity index is 1540. The lowest BCUT2D eigenvalue weighted by molar-refractivity contribution is -0.236. The lowest BCUT2D eigenvalue weighted by Gasteiger charge is -2.34. The zero-order valence-electron chi connectivity index (χ0n) is 25.9. The maximum absolute atomic E-state index is 15.7. The van der Waals surface area contributed by atoms with Crippen molar-refractivity contribution in [3.8, 4) is 5.75 Å². The Labute approximate surface area is 268 Å². The van der Waals surface area contributed by atoms with Crippen LogP contribution in [0.4, 0.5) is 23.4 Å². The first-order chi connectivity index (χ1) is 21.6. The Hall–Kier alpha value is -3.11. The second-order valence-corrected chi connectivity index (χ2v) is 14.0. The van der Waals surface area contributed by atoms with Gasteiger partial charge in [0.05, 0.1) is 25.5 Å². The number of imidazole rings is 1. The topological polar surface area (TPSA) is 151 Å². The fourth-order valence-corrected chi connectivity index (χ4v) is 7.26. The highest BCUT2D eigenvalue weighted by Crippen LogP contribution is 2.57. The smallest absolute Gasteiger partial charge is 0.361 e. The Morgan fingerprint density at radius 3 is 2.65 bits per heavy atom. The zero-order valence-corrected chi connectivity index (χ0v) is 27.6. The van der Waals surface area contributed by atoms with Crippen LogP contribution in [0.2, 0.25) is 0 Å². The average Bonchev–Trinajstić information content (AvgIpc) is 3.50. The van der Waals surface area contributed by atoms with E-state index in [4.69, 9.17) is 36.1 Å². The molecule has 2 unspecified atom stereocenters. The maximum Gasteiger partial charge on any atom is 0.361 e. The van der Waals surface area contributed by atoms with Crippen molar-refractivity contribution >= 4 is 41.9 Å². The molecule has 46 heavy (non-hydrogen) atoms. The Kier molecular flexibility index (Phi) is 10.8. The van der Waals surface area contributed by atoms with E-state index < -0.39 is 68.1 Å². The summed E-state index contributed by atoms with van der Waals surface area (Å²) in [6.45, 7) is 2.68. The number of carbonyl (C=O) groups excluding carboxylic acids is 2. The lowest BCUT2D eigenvalue weighted by Crippen LogP contribution is -2.54. The van der Waals surface area contributed by atoms with Gasteiger partial charge in [0.15, 0.2) is 12.0 Å². The van der Waals surface area contributed by atoms with E-state index in [0.29, 0.717) is 12.8 Å². The molecule has 4 rings (SSSR count). The number of hydrogen-bond acceptors (Lipinski definition) is 10. The molecule has 1 fully saturated rings. The summed E-state index contributed by atoms with van der Waals surface area (Å²) in [6.07, 6.45) is -5.32. The van der Waals surface area contributed by atoms with Gasteiger partial charge in [0.2, 0.25) is 5.60 Å². The molecule has 2 aliphatic rings. The molecule has 0 radical (unpaired) electrons. The number of hydrogen-bond donors (Lipinski definition) is 3. The standard InChI is InChI=1S/C28H37F4N6O6PS/c1-6-9-17-10-8-11-19(18(17)7-2)44-45(46,37-16(5)24(40)42-15(3)4)41-13-27(25(29)30)28(31,32)12-20(43-27)38-14-34-21-22(38)35-26(33)36-23(21)39/h8,10-11,14-15,20,25-26,35H,6-7,9,12-13,33H2,1-5H3,(H,36,39)/t20-,26?,27+,45?/m1/s1. The number of anilines is 1. The molecule has 2 aliphatic heterocycles. The van der Waals surface area contributed by atoms with Gasteiger partial charge in [0, 0.05) is 11.8 Å². The lowest BCUT2D eigenvalue weighted by atomic mass is 9.97. The van der Waals surface area contributed by atoms with Crippen molar-refractivity contribution in [2.75, 3.05) is 11.9 Å². The van der Waals surface area contributed by atoms with Crippen LogP contribution in [0, 0.1) is 0 Å². The Morgan fingerprint density at radius 2 is 2.02 bits per heavy atom. The largest absolute Gasteiger partial charge is 0.458 e. The van der Waals surface area contributed by atoms with Crippen LogP contribution >= 0.6 is 6.64 Å². The highest BCUT2D eigenvalue weighted by atomic mass is 32.5. The van der Waals surface area contributed by atoms with Crippen molar-refractivity contribution in [1.82, 2.24) is 14.9 Å². The predicted molar refractivity (Wildman–Crippen MR) is 165 cm³/mol. The summed E-state index contributed by atoms with van der Waals surface area (Å²) in [4.78, 5) is 28.7. The molecule has 3 heterocycles. The fraction of sp³-hybridized carbons (Fsp3) is 0.571. The van der Waals surface area contributed by atoms with Gasteiger partial charge in [0.1, 0.15) is 23.5 Å². The molecular weight excluding hydrogens is 655 g/mol. The minimum atomic E-state index is -4.21. The van der Waals surface area contributed by atoms with E-state index in [0.717, 1.165) is 28.4 Å². The molecule has 1 amide bonds. The van der Waals surface area contributed by atoms with Crippen molar-refractivity contribution < 1.29 is 45.7 Å². The van der Waals surface area contributed by atoms with E-state index in [1.165, 1.54) is 6.92 Å². The monoisotopic (exact) mass is 692 g/mol. The van der Waals surface area contributed by atoms with Crippen LogP contribution in [0.1, 0.15) is 75.3 Å². The molecule has 0 aliphatic carbocycles. The molecule has 1 aromatic heterocycles. The van der Waals surface area contributed by atoms with Crippen molar-refractivity contribution in [3.05, 3.63) is 41.3 Å². The van der Waals surface area contributed by atoms with Crippen molar-refractivity contribution in [2.24, 2.45) is 10.5 Å². The maximum atomic E-state index is 15.7. The minimum absolute atomic E-state index is 0.0839. The number of alkyl halides is 4. The van der Waals surface area contributed by atoms with E-state index in [-0.39, 0.29) is 23.0 Å². The fourth-order valence-electron chi connectivity index (χ4n) is 5.12. The molecule has 0 bridgehead atoms. The van der Waals surface area contributed by atoms with Gasteiger partial charge in [-0.1, -0.05) is 32.4 Å². The predicted octanol–water partition coefficient (Wildman–Crippen LogP) is 5.09. The molecule has 2 aromatic rings. The molecule has 4 N–H and O–H groups in total. The number of amides is 1. The third kappa shape index (κ3) is 7.23. The summed E-state index contributed by atoms with van der Waals surface area (Å²) < 4.78 is 88.4. The first-order valence-corrected chi connectivity index (χ1v) is 17.2. The van der Waals surface area contributed by atoms with Gasteiger partial charge in [-0.15, -0.1) is 0 Å². The Balaban J connectivity index is 1.71. The summed E-state index contributed by atoms with van der Waals surface area (Å²) in [5.41, 5.74) is 3.41. The second kappa shape index (κ2) is 13.9. The van der Waals surface area contributed by atoms with Gasteiger partial charge >= 0.3 is 12.6 Å². The summed E-state index contributed by atoms with van der Waals surface area (Å²) in [5.74, 6) is -5.62. The van der Waals surface area contributed by atoms with E-state index in [2.05, 4.69) is 20.4 Å². The van der Waals surface area contributed by atoms with Gasteiger partial charge in [-0.2, -0.15) is 4.76 Å². The first-order valence-electron chi connectivity index (χ1n) is 14.6. The van der Waals surface area contributed by atoms with Crippen LogP contribution in [0.5, 0.6) is 5.75 Å². The number of aryl methyl sites for hydroxylation is 1. The van der Waals surface area contributed by atoms with E-state index >= 15 is 8.78 Å². The van der Waals surface area contributed by atoms with Crippen molar-refractivity contribution in [2.45, 2.75) is 96.9 Å². The molecule has 18 heteroatoms. The highest BCUT2D eigenvalue weighted by molar-refractivity contribution is 8.09. The van der Waals surface area contributed by atoms with E-state index in [1.807, 2.05) is 19.9 Å². The number of aromatic nitrogens is 2. The summed E-state index contributed by atoms with van der Waals surface area (Å²) in [7, 11) is 0. The number of benzene rings is 1. The number of nitrogens with two attached hydrogens (primary N) is 1. The van der Waals surface area contributed by atoms with E-state index in [9.17, 15) is 18.4 Å². The van der Waals surface area contributed by atoms with Crippen LogP contribution < -0.4 is 20.9 Å². The molecule has 0 spiro atoms. The number of esters is 1. The quantitative estimate of drug-likeness (QED) is 0.112. The molecular formula is C28H37F4N6O6PS. The number of nitrogens with one attached hydrogen (secondary N) is 2. The van der Waals surface area contributed by atoms with Gasteiger partial charge in [-0.05, 0) is 50.8 Å². The highest BCUT2D eigenvalue weighted by Gasteiger charge is 2.69. The van der Waals surface area contributed by atoms with Gasteiger partial charge < -0.3 is 24.6 Å². The first kappa shape index (κ1) is 35.7. The number of carbonyl (C=O) groups is 2. The SMILES string of the molecule is CCCc1cccc(OP(=S)(N=C(C)C(=O)OC(C)C)OC[C@@]2(C(F)F)O[C@@H](n3cnc4c3NC(N)NC4=O)CC2(F)F)c1CC. The number of nitrogens with zero attached hydrogens (tertiary/aromatic N) is 3. The van der Waals surface area contributed by atoms with Crippen LogP contribution in [-0.2, 0) is 43.4 Å². The molecule has 254 valence electrons. The molecule has 0 saturated carbocycles. The van der Waals surface area contributed by atoms with Crippen molar-refractivity contribution in [3.63, 3.8) is 0 Å². The van der Waals surface area contributed by atoms with Crippen LogP contribution in [0.3, 0.4) is 0 Å². The average molecular weight is 693 g/mol. The van der Waals surface area contributed by atoms with Gasteiger partial charge in [-0.25, -0.2) is 27.3 Å². The van der Waals surface area contributed by atoms with Crippen LogP contribution in [-0.4, -0.2) is 64.1 Å². The number of halogens is 4. The molecule has 1 saturated heterocycles. The third-order valence-electron chi connectivity index (χ3n) is 7.32. The van der Waals surface area contributed by atoms with Gasteiger partial charge in [-0.3, -0.25) is 19.6 Å². The normalized spacial score (nSPS) is 23.9. The summed E-state index contributed by atoms with van der Waals surface area (Å²) in [6, 6.07) is 5.18. The Morgan fingerprint density at radius 1 is 1.30 bits per heavy atom. The summed E-state index contributed by atoms with van der Waals surface area (Å²) in [5, 5.41) is 5.02. The summed E-state index contributed by atoms with van der Waals surface area (Å²) >= 11 is 5.61. The minimum Gasteiger partial charge on any atom is -0.458 e. The number of ether oxygens (including phenoxy) is 2. The molecule has 12 nitrogen and oxygen atoms in total. The van der Waals surface area contributed by atoms with Crippen molar-refractivity contribution in [1.29, 1.82) is 0 Å². The second-order valence-electron chi connectivity index (χ2n) is 11.1. The van der Waals surface area contributed by atoms with Crippen LogP contribution in [0.25, 0.3) is 0 Å². The number of fused-ring (bicyclic) bond motifs is 1. The number of rotatable bonds is 13. The molecule has 1 aromatic carbocycles. The zero-order chi connectivity index (χ0) is 34.0. The van der Waals surface area contributed by atoms with E-state index in [1.54, 1.807) is 26.0 Å².